The van der Waals surface area contributed by atoms with Crippen LogP contribution in [-0.4, -0.2) is 48.4 Å². The molecule has 0 atom stereocenters. The summed E-state index contributed by atoms with van der Waals surface area (Å²) in [5.74, 6) is 0.188. The molecule has 3 heterocycles. The number of nitrogens with one attached hydrogen (secondary N) is 1. The number of carbonyl (C=O) groups is 1. The number of halogens is 2. The third kappa shape index (κ3) is 4.04. The van der Waals surface area contributed by atoms with Crippen LogP contribution in [0.1, 0.15) is 31.1 Å². The van der Waals surface area contributed by atoms with E-state index in [0.29, 0.717) is 16.6 Å². The number of fused-ring (bicyclic) bond motifs is 1. The van der Waals surface area contributed by atoms with Crippen LogP contribution in [0.4, 0.5) is 8.78 Å². The fraction of sp³-hybridized carbons (Fsp3) is 0.381. The van der Waals surface area contributed by atoms with E-state index in [1.54, 1.807) is 31.7 Å². The van der Waals surface area contributed by atoms with Crippen molar-refractivity contribution in [1.29, 1.82) is 0 Å². The van der Waals surface area contributed by atoms with Gasteiger partial charge >= 0.3 is 0 Å². The highest BCUT2D eigenvalue weighted by molar-refractivity contribution is 8.00. The first kappa shape index (κ1) is 20.7. The van der Waals surface area contributed by atoms with E-state index in [1.165, 1.54) is 10.9 Å². The second-order valence-electron chi connectivity index (χ2n) is 8.54. The number of benzene rings is 1. The molecule has 9 heteroatoms. The van der Waals surface area contributed by atoms with Gasteiger partial charge in [0.25, 0.3) is 5.91 Å². The number of rotatable bonds is 5. The highest BCUT2D eigenvalue weighted by Gasteiger charge is 2.34. The summed E-state index contributed by atoms with van der Waals surface area (Å²) < 4.78 is 29.6. The Morgan fingerprint density at radius 2 is 2.07 bits per heavy atom. The van der Waals surface area contributed by atoms with Gasteiger partial charge in [-0.3, -0.25) is 14.5 Å². The van der Waals surface area contributed by atoms with E-state index in [0.717, 1.165) is 29.7 Å². The summed E-state index contributed by atoms with van der Waals surface area (Å²) in [6.45, 7) is 5.29. The van der Waals surface area contributed by atoms with Crippen molar-refractivity contribution in [2.75, 3.05) is 11.5 Å². The maximum absolute atomic E-state index is 14.4. The molecule has 0 spiro atoms. The Labute approximate surface area is 176 Å². The summed E-state index contributed by atoms with van der Waals surface area (Å²) in [5, 5.41) is 17.7. The van der Waals surface area contributed by atoms with E-state index in [9.17, 15) is 18.7 Å². The number of nitrogens with zero attached hydrogens (tertiary/aromatic N) is 3. The molecule has 2 N–H and O–H groups in total. The van der Waals surface area contributed by atoms with Gasteiger partial charge in [0.15, 0.2) is 0 Å². The fourth-order valence-electron chi connectivity index (χ4n) is 3.35. The smallest absolute Gasteiger partial charge is 0.253 e. The van der Waals surface area contributed by atoms with Crippen molar-refractivity contribution in [1.82, 2.24) is 20.1 Å². The number of hydrogen-bond acceptors (Lipinski definition) is 5. The van der Waals surface area contributed by atoms with Crippen LogP contribution in [0.25, 0.3) is 22.3 Å². The molecule has 3 aromatic rings. The van der Waals surface area contributed by atoms with Crippen LogP contribution in [0.3, 0.4) is 0 Å². The zero-order chi connectivity index (χ0) is 21.7. The number of carbonyl (C=O) groups excluding carboxylic acids is 1. The quantitative estimate of drug-likeness (QED) is 0.646. The third-order valence-electron chi connectivity index (χ3n) is 4.83. The van der Waals surface area contributed by atoms with Crippen LogP contribution in [0.5, 0.6) is 0 Å². The highest BCUT2D eigenvalue weighted by atomic mass is 32.2. The average molecular weight is 432 g/mol. The van der Waals surface area contributed by atoms with Crippen LogP contribution in [0.2, 0.25) is 0 Å². The number of amides is 1. The van der Waals surface area contributed by atoms with E-state index in [1.807, 2.05) is 6.92 Å². The zero-order valence-corrected chi connectivity index (χ0v) is 17.7. The number of hydrogen-bond donors (Lipinski definition) is 2. The van der Waals surface area contributed by atoms with Gasteiger partial charge in [0.1, 0.15) is 22.8 Å². The Bertz CT molecular complexity index is 1140. The van der Waals surface area contributed by atoms with Crippen LogP contribution in [0, 0.1) is 11.6 Å². The molecule has 1 aromatic carbocycles. The van der Waals surface area contributed by atoms with Gasteiger partial charge in [-0.05, 0) is 45.0 Å². The van der Waals surface area contributed by atoms with Crippen LogP contribution < -0.4 is 5.32 Å². The lowest BCUT2D eigenvalue weighted by molar-refractivity contribution is 0.0592. The number of thioether (sulfide) groups is 1. The van der Waals surface area contributed by atoms with Gasteiger partial charge in [-0.15, -0.1) is 0 Å². The maximum atomic E-state index is 14.4. The summed E-state index contributed by atoms with van der Waals surface area (Å²) >= 11 is 1.76. The molecule has 30 heavy (non-hydrogen) atoms. The highest BCUT2D eigenvalue weighted by Crippen LogP contribution is 2.31. The molecule has 1 amide bonds. The molecule has 0 aliphatic carbocycles. The first-order valence-corrected chi connectivity index (χ1v) is 10.6. The molecule has 0 bridgehead atoms. The van der Waals surface area contributed by atoms with E-state index >= 15 is 0 Å². The molecule has 1 aliphatic rings. The summed E-state index contributed by atoms with van der Waals surface area (Å²) in [6, 6.07) is 4.74. The van der Waals surface area contributed by atoms with Crippen molar-refractivity contribution in [2.45, 2.75) is 38.5 Å². The Morgan fingerprint density at radius 3 is 2.70 bits per heavy atom. The lowest BCUT2D eigenvalue weighted by atomic mass is 10.1. The van der Waals surface area contributed by atoms with Gasteiger partial charge in [0.05, 0.1) is 28.8 Å². The van der Waals surface area contributed by atoms with Crippen molar-refractivity contribution in [2.24, 2.45) is 0 Å². The van der Waals surface area contributed by atoms with E-state index in [-0.39, 0.29) is 29.2 Å². The Balaban J connectivity index is 1.82. The van der Waals surface area contributed by atoms with Gasteiger partial charge in [-0.25, -0.2) is 8.78 Å². The molecule has 158 valence electrons. The second kappa shape index (κ2) is 7.31. The molecular formula is C21H22F2N4O2S. The fourth-order valence-corrected chi connectivity index (χ4v) is 4.31. The van der Waals surface area contributed by atoms with Gasteiger partial charge < -0.3 is 10.4 Å². The van der Waals surface area contributed by atoms with Crippen molar-refractivity contribution < 1.29 is 18.7 Å². The Kier molecular flexibility index (Phi) is 5.06. The molecule has 1 aliphatic heterocycles. The number of aliphatic hydroxyl groups is 1. The molecule has 4 rings (SSSR count). The predicted octanol–water partition coefficient (Wildman–Crippen LogP) is 3.38. The Hall–Kier alpha value is -2.52. The number of aromatic nitrogens is 3. The predicted molar refractivity (Wildman–Crippen MR) is 112 cm³/mol. The molecular weight excluding hydrogens is 410 g/mol. The van der Waals surface area contributed by atoms with E-state index < -0.39 is 17.2 Å². The lowest BCUT2D eigenvalue weighted by Gasteiger charge is -2.38. The van der Waals surface area contributed by atoms with Crippen LogP contribution in [0.15, 0.2) is 30.5 Å². The molecule has 0 unspecified atom stereocenters. The lowest BCUT2D eigenvalue weighted by Crippen LogP contribution is -2.55. The Morgan fingerprint density at radius 1 is 1.33 bits per heavy atom. The molecule has 1 fully saturated rings. The van der Waals surface area contributed by atoms with Crippen molar-refractivity contribution in [3.05, 3.63) is 47.7 Å². The summed E-state index contributed by atoms with van der Waals surface area (Å²) in [5.41, 5.74) is -0.129. The maximum Gasteiger partial charge on any atom is 0.253 e. The summed E-state index contributed by atoms with van der Waals surface area (Å²) in [7, 11) is 0. The third-order valence-corrected chi connectivity index (χ3v) is 6.51. The van der Waals surface area contributed by atoms with Gasteiger partial charge in [-0.2, -0.15) is 16.9 Å². The van der Waals surface area contributed by atoms with E-state index in [4.69, 9.17) is 0 Å². The normalized spacial score (nSPS) is 15.8. The SMILES string of the molecule is CC(C)(O)Cn1nc(-c2cc(F)ccc2F)c2ncc(C(=O)NC3(C)CSC3)cc21. The van der Waals surface area contributed by atoms with Gasteiger partial charge in [0, 0.05) is 23.3 Å². The van der Waals surface area contributed by atoms with Crippen LogP contribution >= 0.6 is 11.8 Å². The molecule has 6 nitrogen and oxygen atoms in total. The standard InChI is InChI=1S/C21H22F2N4O2S/c1-20(2,29)9-27-16-6-12(19(28)25-21(3)10-30-11-21)8-24-18(16)17(26-27)14-7-13(22)4-5-15(14)23/h4-8,29H,9-11H2,1-3H3,(H,25,28). The molecule has 2 aromatic heterocycles. The van der Waals surface area contributed by atoms with Gasteiger partial charge in [0.2, 0.25) is 0 Å². The zero-order valence-electron chi connectivity index (χ0n) is 16.9. The van der Waals surface area contributed by atoms with E-state index in [2.05, 4.69) is 15.4 Å². The minimum absolute atomic E-state index is 0.0294. The van der Waals surface area contributed by atoms with Gasteiger partial charge in [-0.1, -0.05) is 0 Å². The molecule has 0 radical (unpaired) electrons. The monoisotopic (exact) mass is 432 g/mol. The van der Waals surface area contributed by atoms with Crippen molar-refractivity contribution >= 4 is 28.7 Å². The second-order valence-corrected chi connectivity index (χ2v) is 9.53. The minimum atomic E-state index is -1.12. The largest absolute Gasteiger partial charge is 0.389 e. The molecule has 0 saturated carbocycles. The van der Waals surface area contributed by atoms with Crippen molar-refractivity contribution in [3.63, 3.8) is 0 Å². The number of pyridine rings is 1. The first-order chi connectivity index (χ1) is 14.0. The summed E-state index contributed by atoms with van der Waals surface area (Å²) in [6.07, 6.45) is 1.41. The van der Waals surface area contributed by atoms with Crippen LogP contribution in [-0.2, 0) is 6.54 Å². The summed E-state index contributed by atoms with van der Waals surface area (Å²) in [4.78, 5) is 17.1. The minimum Gasteiger partial charge on any atom is -0.389 e. The molecule has 1 saturated heterocycles. The van der Waals surface area contributed by atoms with Crippen molar-refractivity contribution in [3.8, 4) is 11.3 Å². The average Bonchev–Trinajstić information content (AvgIpc) is 2.98. The topological polar surface area (TPSA) is 80.0 Å². The first-order valence-electron chi connectivity index (χ1n) is 9.49.